The Labute approximate surface area is 114 Å². The number of amides is 2. The second-order valence-electron chi connectivity index (χ2n) is 5.44. The first-order valence-corrected chi connectivity index (χ1v) is 6.87. The fraction of sp³-hybridized carbons (Fsp3) is 0.846. The van der Waals surface area contributed by atoms with Gasteiger partial charge >= 0.3 is 12.0 Å². The van der Waals surface area contributed by atoms with Gasteiger partial charge in [0.15, 0.2) is 0 Å². The van der Waals surface area contributed by atoms with Crippen molar-refractivity contribution >= 4 is 12.0 Å². The smallest absolute Gasteiger partial charge is 0.326 e. The topological polar surface area (TPSA) is 72.9 Å². The van der Waals surface area contributed by atoms with Gasteiger partial charge in [-0.2, -0.15) is 0 Å². The number of aliphatic carboxylic acids is 1. The Kier molecular flexibility index (Phi) is 6.08. The number of carboxylic acid groups (broad SMARTS) is 1. The van der Waals surface area contributed by atoms with Crippen LogP contribution in [0.15, 0.2) is 0 Å². The van der Waals surface area contributed by atoms with Gasteiger partial charge in [0, 0.05) is 19.6 Å². The highest BCUT2D eigenvalue weighted by Gasteiger charge is 2.25. The van der Waals surface area contributed by atoms with Crippen molar-refractivity contribution in [3.63, 3.8) is 0 Å². The van der Waals surface area contributed by atoms with Crippen LogP contribution in [0.25, 0.3) is 0 Å². The maximum Gasteiger partial charge on any atom is 0.326 e. The summed E-state index contributed by atoms with van der Waals surface area (Å²) in [6.07, 6.45) is 2.36. The molecule has 2 amide bonds. The van der Waals surface area contributed by atoms with Gasteiger partial charge in [-0.05, 0) is 39.3 Å². The van der Waals surface area contributed by atoms with E-state index in [-0.39, 0.29) is 6.03 Å². The molecule has 110 valence electrons. The van der Waals surface area contributed by atoms with Crippen LogP contribution in [0.4, 0.5) is 4.79 Å². The van der Waals surface area contributed by atoms with Gasteiger partial charge in [-0.1, -0.05) is 6.92 Å². The third-order valence-electron chi connectivity index (χ3n) is 3.53. The summed E-state index contributed by atoms with van der Waals surface area (Å²) in [5, 5.41) is 11.5. The first kappa shape index (κ1) is 15.8. The molecule has 1 aliphatic heterocycles. The molecule has 1 fully saturated rings. The molecule has 0 saturated carbocycles. The Bertz CT molecular complexity index is 312. The van der Waals surface area contributed by atoms with Gasteiger partial charge < -0.3 is 20.2 Å². The number of carbonyl (C=O) groups is 2. The van der Waals surface area contributed by atoms with E-state index in [4.69, 9.17) is 5.11 Å². The van der Waals surface area contributed by atoms with Crippen molar-refractivity contribution in [2.75, 3.05) is 33.7 Å². The van der Waals surface area contributed by atoms with Crippen LogP contribution in [-0.2, 0) is 4.79 Å². The first-order valence-electron chi connectivity index (χ1n) is 6.87. The molecular formula is C13H25N3O3. The number of nitrogens with one attached hydrogen (secondary N) is 1. The van der Waals surface area contributed by atoms with Crippen molar-refractivity contribution in [3.8, 4) is 0 Å². The molecule has 1 aliphatic rings. The fourth-order valence-corrected chi connectivity index (χ4v) is 2.41. The summed E-state index contributed by atoms with van der Waals surface area (Å²) in [6.45, 7) is 4.21. The molecule has 1 heterocycles. The van der Waals surface area contributed by atoms with Crippen LogP contribution in [0, 0.1) is 5.92 Å². The lowest BCUT2D eigenvalue weighted by atomic mass is 9.96. The molecular weight excluding hydrogens is 246 g/mol. The molecule has 0 unspecified atom stereocenters. The summed E-state index contributed by atoms with van der Waals surface area (Å²) in [4.78, 5) is 26.7. The average molecular weight is 271 g/mol. The molecule has 0 radical (unpaired) electrons. The predicted octanol–water partition coefficient (Wildman–Crippen LogP) is 0.833. The van der Waals surface area contributed by atoms with Crippen LogP contribution in [0.3, 0.4) is 0 Å². The molecule has 6 nitrogen and oxygen atoms in total. The van der Waals surface area contributed by atoms with Crippen molar-refractivity contribution < 1.29 is 14.7 Å². The molecule has 0 bridgehead atoms. The number of piperidine rings is 1. The van der Waals surface area contributed by atoms with Gasteiger partial charge in [0.2, 0.25) is 0 Å². The van der Waals surface area contributed by atoms with E-state index >= 15 is 0 Å². The van der Waals surface area contributed by atoms with Crippen molar-refractivity contribution in [2.45, 2.75) is 32.2 Å². The normalized spacial score (nSPS) is 18.4. The van der Waals surface area contributed by atoms with Crippen LogP contribution in [-0.4, -0.2) is 66.7 Å². The van der Waals surface area contributed by atoms with E-state index in [1.54, 1.807) is 11.8 Å². The second-order valence-corrected chi connectivity index (χ2v) is 5.44. The van der Waals surface area contributed by atoms with Crippen LogP contribution in [0.5, 0.6) is 0 Å². The summed E-state index contributed by atoms with van der Waals surface area (Å²) in [7, 11) is 4.11. The molecule has 0 aromatic heterocycles. The highest BCUT2D eigenvalue weighted by atomic mass is 16.4. The van der Waals surface area contributed by atoms with E-state index < -0.39 is 12.0 Å². The van der Waals surface area contributed by atoms with Gasteiger partial charge in [0.1, 0.15) is 6.04 Å². The lowest BCUT2D eigenvalue weighted by molar-refractivity contribution is -0.139. The third-order valence-corrected chi connectivity index (χ3v) is 3.53. The lowest BCUT2D eigenvalue weighted by Crippen LogP contribution is -2.50. The van der Waals surface area contributed by atoms with Crippen molar-refractivity contribution in [2.24, 2.45) is 5.92 Å². The molecule has 1 rings (SSSR count). The Morgan fingerprint density at radius 1 is 1.37 bits per heavy atom. The van der Waals surface area contributed by atoms with E-state index in [1.165, 1.54) is 0 Å². The Hall–Kier alpha value is -1.30. The molecule has 0 aliphatic carbocycles. The highest BCUT2D eigenvalue weighted by molar-refractivity contribution is 5.82. The summed E-state index contributed by atoms with van der Waals surface area (Å²) in [5.41, 5.74) is 0. The summed E-state index contributed by atoms with van der Waals surface area (Å²) in [5.74, 6) is -0.348. The zero-order valence-corrected chi connectivity index (χ0v) is 12.1. The van der Waals surface area contributed by atoms with Crippen molar-refractivity contribution in [1.29, 1.82) is 0 Å². The number of carbonyl (C=O) groups excluding carboxylic acids is 1. The fourth-order valence-electron chi connectivity index (χ4n) is 2.41. The number of urea groups is 1. The molecule has 0 spiro atoms. The molecule has 6 heteroatoms. The number of carboxylic acids is 1. The summed E-state index contributed by atoms with van der Waals surface area (Å²) < 4.78 is 0. The number of nitrogens with zero attached hydrogens (tertiary/aromatic N) is 2. The monoisotopic (exact) mass is 271 g/mol. The number of hydrogen-bond donors (Lipinski definition) is 2. The zero-order valence-electron chi connectivity index (χ0n) is 12.1. The van der Waals surface area contributed by atoms with Crippen LogP contribution in [0.2, 0.25) is 0 Å². The number of likely N-dealkylation sites (tertiary alicyclic amines) is 1. The summed E-state index contributed by atoms with van der Waals surface area (Å²) in [6, 6.07) is -1.04. The van der Waals surface area contributed by atoms with Gasteiger partial charge in [0.05, 0.1) is 0 Å². The quantitative estimate of drug-likeness (QED) is 0.777. The molecule has 0 aromatic rings. The molecule has 0 aromatic carbocycles. The summed E-state index contributed by atoms with van der Waals surface area (Å²) >= 11 is 0. The maximum absolute atomic E-state index is 11.9. The maximum atomic E-state index is 11.9. The van der Waals surface area contributed by atoms with Gasteiger partial charge in [-0.3, -0.25) is 0 Å². The van der Waals surface area contributed by atoms with E-state index in [2.05, 4.69) is 24.3 Å². The minimum absolute atomic E-state index is 0.252. The average Bonchev–Trinajstić information content (AvgIpc) is 2.35. The molecule has 1 saturated heterocycles. The van der Waals surface area contributed by atoms with Crippen LogP contribution >= 0.6 is 0 Å². The van der Waals surface area contributed by atoms with E-state index in [0.29, 0.717) is 25.4 Å². The second kappa shape index (κ2) is 7.33. The molecule has 2 N–H and O–H groups in total. The molecule has 1 atom stereocenters. The van der Waals surface area contributed by atoms with E-state index in [1.807, 2.05) is 0 Å². The lowest BCUT2D eigenvalue weighted by Gasteiger charge is -2.33. The van der Waals surface area contributed by atoms with Crippen LogP contribution < -0.4 is 5.32 Å². The molecule has 19 heavy (non-hydrogen) atoms. The number of rotatable bonds is 5. The van der Waals surface area contributed by atoms with Gasteiger partial charge in [-0.25, -0.2) is 9.59 Å². The Morgan fingerprint density at radius 3 is 2.37 bits per heavy atom. The third kappa shape index (κ3) is 5.06. The van der Waals surface area contributed by atoms with E-state index in [0.717, 1.165) is 19.4 Å². The van der Waals surface area contributed by atoms with Gasteiger partial charge in [-0.15, -0.1) is 0 Å². The van der Waals surface area contributed by atoms with Gasteiger partial charge in [0.25, 0.3) is 0 Å². The minimum Gasteiger partial charge on any atom is -0.480 e. The van der Waals surface area contributed by atoms with E-state index in [9.17, 15) is 9.59 Å². The SMILES string of the molecule is CC[C@@H](NC(=O)N1CCC(CN(C)C)CC1)C(=O)O. The van der Waals surface area contributed by atoms with Crippen molar-refractivity contribution in [1.82, 2.24) is 15.1 Å². The van der Waals surface area contributed by atoms with Crippen molar-refractivity contribution in [3.05, 3.63) is 0 Å². The number of hydrogen-bond acceptors (Lipinski definition) is 3. The van der Waals surface area contributed by atoms with Crippen LogP contribution in [0.1, 0.15) is 26.2 Å². The Balaban J connectivity index is 2.38. The predicted molar refractivity (Wildman–Crippen MR) is 73.1 cm³/mol. The standard InChI is InChI=1S/C13H25N3O3/c1-4-11(12(17)18)14-13(19)16-7-5-10(6-8-16)9-15(2)3/h10-11H,4-9H2,1-3H3,(H,14,19)(H,17,18)/t11-/m1/s1. The Morgan fingerprint density at radius 2 is 1.95 bits per heavy atom. The zero-order chi connectivity index (χ0) is 14.4. The first-order chi connectivity index (χ1) is 8.93. The minimum atomic E-state index is -0.974. The highest BCUT2D eigenvalue weighted by Crippen LogP contribution is 2.17. The largest absolute Gasteiger partial charge is 0.480 e.